The Hall–Kier alpha value is -1.58. The van der Waals surface area contributed by atoms with E-state index < -0.39 is 16.1 Å². The number of nitrogens with one attached hydrogen (secondary N) is 2. The van der Waals surface area contributed by atoms with Crippen molar-refractivity contribution in [1.82, 2.24) is 14.9 Å². The molecule has 7 nitrogen and oxygen atoms in total. The van der Waals surface area contributed by atoms with Gasteiger partial charge in [0.1, 0.15) is 6.04 Å². The van der Waals surface area contributed by atoms with Crippen LogP contribution in [0.4, 0.5) is 0 Å². The normalized spacial score (nSPS) is 19.7. The number of sulfonamides is 1. The maximum atomic E-state index is 13.0. The van der Waals surface area contributed by atoms with Crippen LogP contribution in [0.15, 0.2) is 29.2 Å². The first-order valence-electron chi connectivity index (χ1n) is 12.0. The van der Waals surface area contributed by atoms with Crippen LogP contribution in [0.2, 0.25) is 0 Å². The van der Waals surface area contributed by atoms with Crippen molar-refractivity contribution >= 4 is 33.6 Å². The van der Waals surface area contributed by atoms with E-state index in [2.05, 4.69) is 10.6 Å². The molecule has 0 aromatic heterocycles. The third-order valence-corrected chi connectivity index (χ3v) is 9.24. The predicted molar refractivity (Wildman–Crippen MR) is 133 cm³/mol. The minimum Gasteiger partial charge on any atom is -0.352 e. The van der Waals surface area contributed by atoms with Crippen molar-refractivity contribution in [2.45, 2.75) is 75.3 Å². The van der Waals surface area contributed by atoms with E-state index >= 15 is 0 Å². The van der Waals surface area contributed by atoms with Gasteiger partial charge in [-0.25, -0.2) is 8.42 Å². The minimum atomic E-state index is -3.56. The number of benzene rings is 1. The number of thioether (sulfide) groups is 1. The molecule has 1 aromatic carbocycles. The van der Waals surface area contributed by atoms with Crippen molar-refractivity contribution in [1.29, 1.82) is 0 Å². The van der Waals surface area contributed by atoms with Gasteiger partial charge in [-0.15, -0.1) is 0 Å². The number of carbonyl (C=O) groups is 2. The molecule has 0 spiro atoms. The Kier molecular flexibility index (Phi) is 9.64. The van der Waals surface area contributed by atoms with Crippen LogP contribution in [0.3, 0.4) is 0 Å². The molecular formula is C24H37N3O4S2. The smallest absolute Gasteiger partial charge is 0.243 e. The molecule has 1 atom stereocenters. The van der Waals surface area contributed by atoms with Gasteiger partial charge in [0.25, 0.3) is 0 Å². The number of nitrogens with zero attached hydrogens (tertiary/aromatic N) is 1. The van der Waals surface area contributed by atoms with Crippen LogP contribution in [0.1, 0.15) is 56.9 Å². The Labute approximate surface area is 202 Å². The second kappa shape index (κ2) is 12.2. The van der Waals surface area contributed by atoms with Gasteiger partial charge >= 0.3 is 0 Å². The average molecular weight is 496 g/mol. The van der Waals surface area contributed by atoms with Gasteiger partial charge in [0.2, 0.25) is 21.8 Å². The highest BCUT2D eigenvalue weighted by atomic mass is 32.2. The highest BCUT2D eigenvalue weighted by molar-refractivity contribution is 7.98. The molecule has 2 N–H and O–H groups in total. The molecule has 184 valence electrons. The molecule has 33 heavy (non-hydrogen) atoms. The first-order valence-corrected chi connectivity index (χ1v) is 14.8. The summed E-state index contributed by atoms with van der Waals surface area (Å²) in [4.78, 5) is 26.1. The van der Waals surface area contributed by atoms with E-state index in [9.17, 15) is 18.0 Å². The number of amides is 2. The molecule has 3 rings (SSSR count). The lowest BCUT2D eigenvalue weighted by atomic mass is 9.95. The van der Waals surface area contributed by atoms with Crippen LogP contribution in [-0.4, -0.2) is 61.7 Å². The summed E-state index contributed by atoms with van der Waals surface area (Å²) in [6.07, 6.45) is 8.98. The van der Waals surface area contributed by atoms with E-state index in [4.69, 9.17) is 0 Å². The molecule has 9 heteroatoms. The van der Waals surface area contributed by atoms with Gasteiger partial charge in [0, 0.05) is 25.0 Å². The zero-order valence-corrected chi connectivity index (χ0v) is 21.3. The molecule has 2 amide bonds. The van der Waals surface area contributed by atoms with Gasteiger partial charge in [0.15, 0.2) is 0 Å². The maximum Gasteiger partial charge on any atom is 0.243 e. The first-order chi connectivity index (χ1) is 15.8. The quantitative estimate of drug-likeness (QED) is 0.549. The molecule has 2 aliphatic rings. The maximum absolute atomic E-state index is 13.0. The first kappa shape index (κ1) is 26.0. The number of hydrogen-bond donors (Lipinski definition) is 2. The van der Waals surface area contributed by atoms with Crippen LogP contribution >= 0.6 is 11.8 Å². The second-order valence-corrected chi connectivity index (χ2v) is 12.1. The molecule has 0 radical (unpaired) electrons. The summed E-state index contributed by atoms with van der Waals surface area (Å²) in [5, 5.41) is 6.10. The number of carbonyl (C=O) groups excluding carboxylic acids is 2. The van der Waals surface area contributed by atoms with E-state index in [-0.39, 0.29) is 28.7 Å². The van der Waals surface area contributed by atoms with Gasteiger partial charge in [-0.2, -0.15) is 16.1 Å². The standard InChI is InChI=1S/C24H37N3O4S2/c1-18-8-10-21(11-9-18)33(30,31)27-15-12-19(13-16-27)23(28)26-22(14-17-32-2)24(29)25-20-6-4-3-5-7-20/h8-11,19-20,22H,3-7,12-17H2,1-2H3,(H,25,29)(H,26,28)/t22-/m0/s1. The Bertz CT molecular complexity index is 891. The van der Waals surface area contributed by atoms with Crippen LogP contribution in [0, 0.1) is 12.8 Å². The molecule has 1 saturated heterocycles. The van der Waals surface area contributed by atoms with E-state index in [0.29, 0.717) is 32.4 Å². The molecule has 0 unspecified atom stereocenters. The lowest BCUT2D eigenvalue weighted by Gasteiger charge is -2.32. The fourth-order valence-electron chi connectivity index (χ4n) is 4.56. The largest absolute Gasteiger partial charge is 0.352 e. The van der Waals surface area contributed by atoms with Crippen LogP contribution < -0.4 is 10.6 Å². The van der Waals surface area contributed by atoms with Gasteiger partial charge < -0.3 is 10.6 Å². The third kappa shape index (κ3) is 7.20. The molecule has 1 aliphatic carbocycles. The topological polar surface area (TPSA) is 95.6 Å². The van der Waals surface area contributed by atoms with Gasteiger partial charge in [0.05, 0.1) is 4.90 Å². The van der Waals surface area contributed by atoms with E-state index in [1.54, 1.807) is 36.0 Å². The number of rotatable bonds is 9. The summed E-state index contributed by atoms with van der Waals surface area (Å²) in [7, 11) is -3.56. The van der Waals surface area contributed by atoms with Gasteiger partial charge in [-0.1, -0.05) is 37.0 Å². The Morgan fingerprint density at radius 2 is 1.70 bits per heavy atom. The monoisotopic (exact) mass is 495 g/mol. The minimum absolute atomic E-state index is 0.0938. The number of piperidine rings is 1. The Morgan fingerprint density at radius 1 is 1.06 bits per heavy atom. The fourth-order valence-corrected chi connectivity index (χ4v) is 6.50. The molecular weight excluding hydrogens is 458 g/mol. The van der Waals surface area contributed by atoms with Crippen LogP contribution in [0.5, 0.6) is 0 Å². The van der Waals surface area contributed by atoms with E-state index in [0.717, 1.165) is 37.0 Å². The number of aryl methyl sites for hydroxylation is 1. The van der Waals surface area contributed by atoms with E-state index in [1.165, 1.54) is 10.7 Å². The lowest BCUT2D eigenvalue weighted by Crippen LogP contribution is -2.52. The van der Waals surface area contributed by atoms with Crippen LogP contribution in [-0.2, 0) is 19.6 Å². The van der Waals surface area contributed by atoms with Crippen molar-refractivity contribution in [2.24, 2.45) is 5.92 Å². The summed E-state index contributed by atoms with van der Waals surface area (Å²) in [5.41, 5.74) is 1.01. The van der Waals surface area contributed by atoms with Gasteiger partial charge in [-0.05, 0) is 63.2 Å². The summed E-state index contributed by atoms with van der Waals surface area (Å²) >= 11 is 1.65. The summed E-state index contributed by atoms with van der Waals surface area (Å²) in [6, 6.07) is 6.51. The summed E-state index contributed by atoms with van der Waals surface area (Å²) < 4.78 is 27.3. The molecule has 1 heterocycles. The third-order valence-electron chi connectivity index (χ3n) is 6.68. The second-order valence-electron chi connectivity index (χ2n) is 9.18. The molecule has 1 aliphatic heterocycles. The Balaban J connectivity index is 1.55. The van der Waals surface area contributed by atoms with Crippen molar-refractivity contribution in [3.05, 3.63) is 29.8 Å². The number of hydrogen-bond acceptors (Lipinski definition) is 5. The molecule has 2 fully saturated rings. The van der Waals surface area contributed by atoms with Gasteiger partial charge in [-0.3, -0.25) is 9.59 Å². The van der Waals surface area contributed by atoms with Crippen molar-refractivity contribution in [3.63, 3.8) is 0 Å². The van der Waals surface area contributed by atoms with Crippen molar-refractivity contribution in [2.75, 3.05) is 25.1 Å². The molecule has 1 saturated carbocycles. The zero-order chi connectivity index (χ0) is 23.8. The lowest BCUT2D eigenvalue weighted by molar-refractivity contribution is -0.132. The highest BCUT2D eigenvalue weighted by Crippen LogP contribution is 2.24. The van der Waals surface area contributed by atoms with Crippen LogP contribution in [0.25, 0.3) is 0 Å². The summed E-state index contributed by atoms with van der Waals surface area (Å²) in [5.74, 6) is 0.265. The van der Waals surface area contributed by atoms with Crippen molar-refractivity contribution < 1.29 is 18.0 Å². The van der Waals surface area contributed by atoms with E-state index in [1.807, 2.05) is 13.2 Å². The fraction of sp³-hybridized carbons (Fsp3) is 0.667. The average Bonchev–Trinajstić information content (AvgIpc) is 2.82. The zero-order valence-electron chi connectivity index (χ0n) is 19.7. The highest BCUT2D eigenvalue weighted by Gasteiger charge is 2.33. The SMILES string of the molecule is CSCC[C@H](NC(=O)C1CCN(S(=O)(=O)c2ccc(C)cc2)CC1)C(=O)NC1CCCCC1. The Morgan fingerprint density at radius 3 is 2.30 bits per heavy atom. The summed E-state index contributed by atoms with van der Waals surface area (Å²) in [6.45, 7) is 2.53. The predicted octanol–water partition coefficient (Wildman–Crippen LogP) is 3.08. The molecule has 0 bridgehead atoms. The molecule has 1 aromatic rings. The van der Waals surface area contributed by atoms with Crippen molar-refractivity contribution in [3.8, 4) is 0 Å².